The van der Waals surface area contributed by atoms with E-state index in [-0.39, 0.29) is 25.3 Å². The van der Waals surface area contributed by atoms with E-state index in [1.807, 2.05) is 13.8 Å². The number of carbonyl (C=O) groups excluding carboxylic acids is 2. The molecule has 19 unspecified atom stereocenters. The molecule has 0 amide bonds. The Morgan fingerprint density at radius 3 is 2.38 bits per heavy atom. The van der Waals surface area contributed by atoms with Gasteiger partial charge in [-0.25, -0.2) is 4.79 Å². The summed E-state index contributed by atoms with van der Waals surface area (Å²) in [7, 11) is 0. The summed E-state index contributed by atoms with van der Waals surface area (Å²) in [5.74, 6) is -7.78. The Kier molecular flexibility index (Phi) is 8.52. The molecular formula is C37H59NO12. The van der Waals surface area contributed by atoms with Crippen molar-refractivity contribution < 1.29 is 59.5 Å². The first-order valence-corrected chi connectivity index (χ1v) is 18.9. The molecule has 50 heavy (non-hydrogen) atoms. The molecule has 0 aromatic rings. The number of hydrogen-bond donors (Lipinski definition) is 7. The van der Waals surface area contributed by atoms with Gasteiger partial charge in [0.25, 0.3) is 0 Å². The first-order valence-electron chi connectivity index (χ1n) is 18.9. The van der Waals surface area contributed by atoms with Crippen LogP contribution in [-0.2, 0) is 23.8 Å². The molecule has 4 aliphatic carbocycles. The lowest BCUT2D eigenvalue weighted by Crippen LogP contribution is -2.77. The predicted molar refractivity (Wildman–Crippen MR) is 176 cm³/mol. The molecule has 13 heteroatoms. The Bertz CT molecular complexity index is 1390. The lowest BCUT2D eigenvalue weighted by molar-refractivity contribution is -0.300. The van der Waals surface area contributed by atoms with Crippen molar-refractivity contribution in [2.75, 3.05) is 13.1 Å². The average molecular weight is 710 g/mol. The Morgan fingerprint density at radius 1 is 1.06 bits per heavy atom. The maximum Gasteiger partial charge on any atom is 0.341 e. The molecule has 1 spiro atoms. The zero-order valence-corrected chi connectivity index (χ0v) is 30.5. The van der Waals surface area contributed by atoms with E-state index in [4.69, 9.17) is 14.2 Å². The van der Waals surface area contributed by atoms with Crippen LogP contribution in [0.5, 0.6) is 0 Å². The number of piperidine rings is 2. The zero-order chi connectivity index (χ0) is 36.7. The first-order chi connectivity index (χ1) is 23.1. The van der Waals surface area contributed by atoms with Gasteiger partial charge >= 0.3 is 11.9 Å². The normalized spacial score (nSPS) is 54.6. The smallest absolute Gasteiger partial charge is 0.341 e. The van der Waals surface area contributed by atoms with Gasteiger partial charge in [0.15, 0.2) is 17.8 Å². The van der Waals surface area contributed by atoms with Crippen molar-refractivity contribution in [3.8, 4) is 0 Å². The molecule has 4 bridgehead atoms. The van der Waals surface area contributed by atoms with Gasteiger partial charge in [-0.1, -0.05) is 27.7 Å². The van der Waals surface area contributed by atoms with Crippen molar-refractivity contribution in [2.45, 2.75) is 158 Å². The van der Waals surface area contributed by atoms with Crippen LogP contribution in [0.1, 0.15) is 93.4 Å². The summed E-state index contributed by atoms with van der Waals surface area (Å²) >= 11 is 0. The molecule has 13 nitrogen and oxygen atoms in total. The molecule has 3 saturated heterocycles. The van der Waals surface area contributed by atoms with Gasteiger partial charge in [0.05, 0.1) is 35.4 Å². The van der Waals surface area contributed by atoms with Crippen LogP contribution in [0.3, 0.4) is 0 Å². The lowest BCUT2D eigenvalue weighted by atomic mass is 9.49. The van der Waals surface area contributed by atoms with E-state index in [2.05, 4.69) is 11.8 Å². The monoisotopic (exact) mass is 709 g/mol. The molecule has 0 radical (unpaired) electrons. The van der Waals surface area contributed by atoms with Crippen LogP contribution in [0.25, 0.3) is 0 Å². The number of hydrogen-bond acceptors (Lipinski definition) is 13. The molecule has 4 saturated carbocycles. The fourth-order valence-corrected chi connectivity index (χ4v) is 12.5. The molecule has 19 atom stereocenters. The fourth-order valence-electron chi connectivity index (χ4n) is 12.5. The minimum Gasteiger partial charge on any atom is -0.456 e. The van der Waals surface area contributed by atoms with Crippen molar-refractivity contribution in [1.82, 2.24) is 4.90 Å². The zero-order valence-electron chi connectivity index (χ0n) is 30.5. The minimum absolute atomic E-state index is 0.0328. The van der Waals surface area contributed by atoms with E-state index in [9.17, 15) is 45.3 Å². The summed E-state index contributed by atoms with van der Waals surface area (Å²) in [4.78, 5) is 28.9. The fraction of sp³-hybridized carbons (Fsp3) is 0.946. The van der Waals surface area contributed by atoms with Crippen LogP contribution in [0.4, 0.5) is 0 Å². The van der Waals surface area contributed by atoms with Gasteiger partial charge in [0.1, 0.15) is 5.60 Å². The van der Waals surface area contributed by atoms with Gasteiger partial charge < -0.3 is 50.0 Å². The van der Waals surface area contributed by atoms with Crippen LogP contribution in [-0.4, -0.2) is 130 Å². The quantitative estimate of drug-likeness (QED) is 0.188. The Hall–Kier alpha value is -1.42. The summed E-state index contributed by atoms with van der Waals surface area (Å²) in [6.45, 7) is 13.1. The third-order valence-electron chi connectivity index (χ3n) is 15.5. The molecule has 7 rings (SSSR count). The number of carbonyl (C=O) groups is 2. The number of aliphatic hydroxyl groups is 7. The number of nitrogens with zero attached hydrogens (tertiary/aromatic N) is 1. The second kappa shape index (κ2) is 11.5. The van der Waals surface area contributed by atoms with Gasteiger partial charge in [-0.3, -0.25) is 9.69 Å². The van der Waals surface area contributed by atoms with Crippen LogP contribution in [0.15, 0.2) is 0 Å². The molecule has 7 aliphatic rings. The van der Waals surface area contributed by atoms with Crippen molar-refractivity contribution in [3.63, 3.8) is 0 Å². The number of ether oxygens (including phenoxy) is 3. The van der Waals surface area contributed by atoms with Gasteiger partial charge in [-0.05, 0) is 83.5 Å². The SMILES string of the molecule is CCC(C)C(=O)OC1C(O)C2C(CN3CC(C)CCC3C2(C)O)C2CC34OC5(O)C(OC(=O)C(C)(O)C(C)O)CCC3(C)C5CC(O)C4C21O. The van der Waals surface area contributed by atoms with Crippen LogP contribution in [0.2, 0.25) is 0 Å². The molecule has 0 aromatic heterocycles. The van der Waals surface area contributed by atoms with Crippen molar-refractivity contribution in [1.29, 1.82) is 0 Å². The van der Waals surface area contributed by atoms with Crippen LogP contribution >= 0.6 is 0 Å². The summed E-state index contributed by atoms with van der Waals surface area (Å²) in [5, 5.41) is 83.5. The molecule has 7 fully saturated rings. The van der Waals surface area contributed by atoms with Gasteiger partial charge in [-0.2, -0.15) is 0 Å². The van der Waals surface area contributed by atoms with E-state index in [0.717, 1.165) is 26.3 Å². The maximum atomic E-state index is 13.5. The van der Waals surface area contributed by atoms with Crippen LogP contribution in [0, 0.1) is 46.8 Å². The molecule has 0 aromatic carbocycles. The second-order valence-corrected chi connectivity index (χ2v) is 18.2. The predicted octanol–water partition coefficient (Wildman–Crippen LogP) is 0.466. The van der Waals surface area contributed by atoms with Gasteiger partial charge in [0.2, 0.25) is 5.79 Å². The maximum absolute atomic E-state index is 13.5. The standard InChI is InChI=1S/C37H59NO12/c1-8-18(3)30(42)49-29-27(41)26-20(16-38-15-17(2)9-10-24(38)34(26,7)45)21-14-35-28(36(21,29)46)22(40)13-23-32(35,5)12-11-25(37(23,47)50-35)48-31(43)33(6,44)19(4)39/h17-29,39-41,44-47H,8-16H2,1-7H3. The number of esters is 2. The van der Waals surface area contributed by atoms with Gasteiger partial charge in [0, 0.05) is 42.3 Å². The van der Waals surface area contributed by atoms with E-state index in [1.54, 1.807) is 13.8 Å². The molecule has 7 N–H and O–H groups in total. The number of fused-ring (bicyclic) bond motifs is 5. The lowest BCUT2D eigenvalue weighted by Gasteiger charge is -2.64. The van der Waals surface area contributed by atoms with Crippen molar-refractivity contribution >= 4 is 11.9 Å². The van der Waals surface area contributed by atoms with Crippen LogP contribution < -0.4 is 0 Å². The third-order valence-corrected chi connectivity index (χ3v) is 15.5. The largest absolute Gasteiger partial charge is 0.456 e. The molecule has 3 aliphatic heterocycles. The second-order valence-electron chi connectivity index (χ2n) is 18.2. The summed E-state index contributed by atoms with van der Waals surface area (Å²) in [6, 6.07) is -0.238. The molecule has 284 valence electrons. The Balaban J connectivity index is 1.34. The number of aliphatic hydroxyl groups excluding tert-OH is 3. The minimum atomic E-state index is -2.25. The van der Waals surface area contributed by atoms with E-state index < -0.39 is 112 Å². The third kappa shape index (κ3) is 4.57. The van der Waals surface area contributed by atoms with Gasteiger partial charge in [-0.15, -0.1) is 0 Å². The topological polar surface area (TPSA) is 207 Å². The highest BCUT2D eigenvalue weighted by Gasteiger charge is 2.87. The summed E-state index contributed by atoms with van der Waals surface area (Å²) in [6.07, 6.45) is -4.15. The summed E-state index contributed by atoms with van der Waals surface area (Å²) in [5.41, 5.74) is -7.89. The van der Waals surface area contributed by atoms with Crippen molar-refractivity contribution in [3.05, 3.63) is 0 Å². The molecular weight excluding hydrogens is 650 g/mol. The summed E-state index contributed by atoms with van der Waals surface area (Å²) < 4.78 is 18.7. The number of rotatable bonds is 6. The Labute approximate surface area is 294 Å². The van der Waals surface area contributed by atoms with E-state index in [1.165, 1.54) is 6.92 Å². The highest BCUT2D eigenvalue weighted by molar-refractivity contribution is 5.79. The molecule has 3 heterocycles. The van der Waals surface area contributed by atoms with E-state index >= 15 is 0 Å². The van der Waals surface area contributed by atoms with E-state index in [0.29, 0.717) is 25.3 Å². The average Bonchev–Trinajstić information content (AvgIpc) is 3.31. The Morgan fingerprint density at radius 2 is 1.74 bits per heavy atom. The first kappa shape index (κ1) is 36.9. The highest BCUT2D eigenvalue weighted by Crippen LogP contribution is 2.77. The van der Waals surface area contributed by atoms with Crippen molar-refractivity contribution in [2.24, 2.45) is 46.8 Å². The highest BCUT2D eigenvalue weighted by atomic mass is 16.7.